The number of rotatable bonds is 5. The summed E-state index contributed by atoms with van der Waals surface area (Å²) in [4.78, 5) is 25.7. The van der Waals surface area contributed by atoms with Crippen LogP contribution in [0, 0.1) is 0 Å². The molecule has 0 radical (unpaired) electrons. The molecular weight excluding hydrogens is 380 g/mol. The van der Waals surface area contributed by atoms with Crippen LogP contribution in [-0.4, -0.2) is 33.8 Å². The second-order valence-corrected chi connectivity index (χ2v) is 7.83. The van der Waals surface area contributed by atoms with E-state index in [0.717, 1.165) is 25.9 Å². The SMILES string of the molecule is O=C(O)c1cn(CC2(c3ccccc3)CCN(c3ccccc3)CC2)cc(O)c1=O. The zero-order chi connectivity index (χ0) is 21.1. The molecule has 6 heteroatoms. The van der Waals surface area contributed by atoms with E-state index in [9.17, 15) is 19.8 Å². The number of para-hydroxylation sites is 1. The number of benzene rings is 2. The largest absolute Gasteiger partial charge is 0.503 e. The lowest BCUT2D eigenvalue weighted by molar-refractivity contribution is 0.0693. The Morgan fingerprint density at radius 1 is 0.933 bits per heavy atom. The Morgan fingerprint density at radius 3 is 2.13 bits per heavy atom. The van der Waals surface area contributed by atoms with Crippen LogP contribution in [0.4, 0.5) is 5.69 Å². The number of piperidine rings is 1. The van der Waals surface area contributed by atoms with Crippen molar-refractivity contribution in [2.75, 3.05) is 18.0 Å². The molecule has 1 aliphatic rings. The zero-order valence-electron chi connectivity index (χ0n) is 16.6. The van der Waals surface area contributed by atoms with Crippen molar-refractivity contribution < 1.29 is 15.0 Å². The van der Waals surface area contributed by atoms with Gasteiger partial charge in [-0.3, -0.25) is 4.79 Å². The van der Waals surface area contributed by atoms with Crippen LogP contribution in [0.15, 0.2) is 77.9 Å². The predicted octanol–water partition coefficient (Wildman–Crippen LogP) is 3.49. The Kier molecular flexibility index (Phi) is 5.31. The number of anilines is 1. The molecule has 0 aliphatic carbocycles. The lowest BCUT2D eigenvalue weighted by atomic mass is 9.72. The number of carboxylic acid groups (broad SMARTS) is 1. The molecule has 154 valence electrons. The highest BCUT2D eigenvalue weighted by Crippen LogP contribution is 2.38. The molecule has 6 nitrogen and oxygen atoms in total. The van der Waals surface area contributed by atoms with E-state index in [1.807, 2.05) is 36.4 Å². The summed E-state index contributed by atoms with van der Waals surface area (Å²) in [5.74, 6) is -1.88. The number of hydrogen-bond donors (Lipinski definition) is 2. The molecule has 30 heavy (non-hydrogen) atoms. The number of hydrogen-bond acceptors (Lipinski definition) is 4. The van der Waals surface area contributed by atoms with E-state index >= 15 is 0 Å². The number of carboxylic acids is 1. The summed E-state index contributed by atoms with van der Waals surface area (Å²) in [6.07, 6.45) is 4.39. The molecule has 0 saturated carbocycles. The van der Waals surface area contributed by atoms with Crippen molar-refractivity contribution in [3.63, 3.8) is 0 Å². The Morgan fingerprint density at radius 2 is 1.53 bits per heavy atom. The average Bonchev–Trinajstić information content (AvgIpc) is 2.77. The van der Waals surface area contributed by atoms with Crippen LogP contribution in [0.5, 0.6) is 5.75 Å². The van der Waals surface area contributed by atoms with Gasteiger partial charge in [-0.15, -0.1) is 0 Å². The van der Waals surface area contributed by atoms with E-state index < -0.39 is 22.7 Å². The molecule has 1 aromatic heterocycles. The molecule has 1 aliphatic heterocycles. The maximum Gasteiger partial charge on any atom is 0.341 e. The third-order valence-electron chi connectivity index (χ3n) is 6.00. The third kappa shape index (κ3) is 3.81. The fourth-order valence-corrected chi connectivity index (χ4v) is 4.37. The van der Waals surface area contributed by atoms with Gasteiger partial charge in [0.1, 0.15) is 5.56 Å². The van der Waals surface area contributed by atoms with Gasteiger partial charge >= 0.3 is 5.97 Å². The van der Waals surface area contributed by atoms with E-state index in [4.69, 9.17) is 0 Å². The summed E-state index contributed by atoms with van der Waals surface area (Å²) < 4.78 is 1.64. The van der Waals surface area contributed by atoms with Crippen molar-refractivity contribution in [3.8, 4) is 5.75 Å². The van der Waals surface area contributed by atoms with Crippen LogP contribution in [0.2, 0.25) is 0 Å². The van der Waals surface area contributed by atoms with Gasteiger partial charge in [0.05, 0.1) is 0 Å². The number of aromatic nitrogens is 1. The molecule has 0 bridgehead atoms. The molecule has 2 aromatic carbocycles. The molecule has 3 aromatic rings. The van der Waals surface area contributed by atoms with Crippen LogP contribution in [0.25, 0.3) is 0 Å². The van der Waals surface area contributed by atoms with Crippen LogP contribution in [-0.2, 0) is 12.0 Å². The summed E-state index contributed by atoms with van der Waals surface area (Å²) in [7, 11) is 0. The molecule has 0 amide bonds. The van der Waals surface area contributed by atoms with Gasteiger partial charge in [-0.2, -0.15) is 0 Å². The number of carbonyl (C=O) groups is 1. The first-order chi connectivity index (χ1) is 14.5. The second-order valence-electron chi connectivity index (χ2n) is 7.83. The molecule has 1 saturated heterocycles. The van der Waals surface area contributed by atoms with Gasteiger partial charge in [0, 0.05) is 43.1 Å². The zero-order valence-corrected chi connectivity index (χ0v) is 16.6. The smallest absolute Gasteiger partial charge is 0.341 e. The molecule has 0 atom stereocenters. The highest BCUT2D eigenvalue weighted by Gasteiger charge is 2.37. The van der Waals surface area contributed by atoms with Crippen LogP contribution in [0.1, 0.15) is 28.8 Å². The minimum absolute atomic E-state index is 0.232. The maximum atomic E-state index is 12.0. The van der Waals surface area contributed by atoms with Gasteiger partial charge in [0.2, 0.25) is 5.43 Å². The number of aromatic hydroxyl groups is 1. The summed E-state index contributed by atoms with van der Waals surface area (Å²) >= 11 is 0. The number of pyridine rings is 1. The fraction of sp³-hybridized carbons (Fsp3) is 0.250. The van der Waals surface area contributed by atoms with E-state index in [2.05, 4.69) is 29.2 Å². The lowest BCUT2D eigenvalue weighted by Crippen LogP contribution is -2.45. The minimum Gasteiger partial charge on any atom is -0.503 e. The predicted molar refractivity (Wildman–Crippen MR) is 115 cm³/mol. The van der Waals surface area contributed by atoms with Gasteiger partial charge in [-0.1, -0.05) is 48.5 Å². The van der Waals surface area contributed by atoms with E-state index in [0.29, 0.717) is 6.54 Å². The summed E-state index contributed by atoms with van der Waals surface area (Å²) in [5, 5.41) is 19.3. The fourth-order valence-electron chi connectivity index (χ4n) is 4.37. The van der Waals surface area contributed by atoms with Crippen molar-refractivity contribution in [1.82, 2.24) is 4.57 Å². The lowest BCUT2D eigenvalue weighted by Gasteiger charge is -2.43. The van der Waals surface area contributed by atoms with E-state index in [1.165, 1.54) is 23.6 Å². The maximum absolute atomic E-state index is 12.0. The van der Waals surface area contributed by atoms with Crippen LogP contribution < -0.4 is 10.3 Å². The van der Waals surface area contributed by atoms with Gasteiger partial charge in [0.25, 0.3) is 0 Å². The van der Waals surface area contributed by atoms with Gasteiger partial charge in [0.15, 0.2) is 5.75 Å². The number of nitrogens with zero attached hydrogens (tertiary/aromatic N) is 2. The molecule has 1 fully saturated rings. The molecule has 4 rings (SSSR count). The van der Waals surface area contributed by atoms with Crippen molar-refractivity contribution in [1.29, 1.82) is 0 Å². The monoisotopic (exact) mass is 404 g/mol. The second kappa shape index (κ2) is 8.06. The molecule has 2 N–H and O–H groups in total. The van der Waals surface area contributed by atoms with Crippen LogP contribution >= 0.6 is 0 Å². The van der Waals surface area contributed by atoms with Crippen molar-refractivity contribution in [3.05, 3.63) is 94.4 Å². The Bertz CT molecular complexity index is 1090. The standard InChI is InChI=1S/C24H24N2O4/c27-21-16-25(15-20(22(21)28)23(29)30)17-24(18-7-3-1-4-8-18)11-13-26(14-12-24)19-9-5-2-6-10-19/h1-10,15-16,27H,11-14,17H2,(H,29,30). The van der Waals surface area contributed by atoms with Gasteiger partial charge in [-0.05, 0) is 30.5 Å². The normalized spacial score (nSPS) is 15.7. The van der Waals surface area contributed by atoms with E-state index in [-0.39, 0.29) is 5.41 Å². The molecule has 0 unspecified atom stereocenters. The first-order valence-electron chi connectivity index (χ1n) is 10.0. The Labute approximate surface area is 174 Å². The minimum atomic E-state index is -1.34. The van der Waals surface area contributed by atoms with Gasteiger partial charge in [-0.25, -0.2) is 4.79 Å². The average molecular weight is 404 g/mol. The first kappa shape index (κ1) is 19.8. The highest BCUT2D eigenvalue weighted by molar-refractivity contribution is 5.87. The van der Waals surface area contributed by atoms with E-state index in [1.54, 1.807) is 4.57 Å². The topological polar surface area (TPSA) is 82.8 Å². The molecular formula is C24H24N2O4. The van der Waals surface area contributed by atoms with Gasteiger partial charge < -0.3 is 19.7 Å². The molecule has 0 spiro atoms. The quantitative estimate of drug-likeness (QED) is 0.680. The first-order valence-corrected chi connectivity index (χ1v) is 10.0. The van der Waals surface area contributed by atoms with Crippen molar-refractivity contribution in [2.24, 2.45) is 0 Å². The van der Waals surface area contributed by atoms with Crippen molar-refractivity contribution in [2.45, 2.75) is 24.8 Å². The Balaban J connectivity index is 1.67. The highest BCUT2D eigenvalue weighted by atomic mass is 16.4. The third-order valence-corrected chi connectivity index (χ3v) is 6.00. The van der Waals surface area contributed by atoms with Crippen LogP contribution in [0.3, 0.4) is 0 Å². The summed E-state index contributed by atoms with van der Waals surface area (Å²) in [6, 6.07) is 20.5. The Hall–Kier alpha value is -3.54. The van der Waals surface area contributed by atoms with Crippen molar-refractivity contribution >= 4 is 11.7 Å². The summed E-state index contributed by atoms with van der Waals surface area (Å²) in [6.45, 7) is 2.20. The molecule has 2 heterocycles. The number of aromatic carboxylic acids is 1. The summed E-state index contributed by atoms with van der Waals surface area (Å²) in [5.41, 5.74) is 0.858.